The number of methoxy groups -OCH3 is 1. The number of likely N-dealkylation sites (tertiary alicyclic amines) is 1. The second kappa shape index (κ2) is 9.77. The third-order valence-electron chi connectivity index (χ3n) is 5.75. The first-order valence-electron chi connectivity index (χ1n) is 10.8. The van der Waals surface area contributed by atoms with Crippen molar-refractivity contribution < 1.29 is 18.7 Å². The summed E-state index contributed by atoms with van der Waals surface area (Å²) in [7, 11) is 1.54. The number of rotatable bonds is 5. The van der Waals surface area contributed by atoms with E-state index in [9.17, 15) is 14.0 Å². The monoisotopic (exact) mass is 448 g/mol. The summed E-state index contributed by atoms with van der Waals surface area (Å²) in [5, 5.41) is 2.83. The molecule has 0 saturated carbocycles. The van der Waals surface area contributed by atoms with E-state index in [0.717, 1.165) is 19.3 Å². The molecule has 0 unspecified atom stereocenters. The van der Waals surface area contributed by atoms with Gasteiger partial charge in [-0.3, -0.25) is 9.59 Å². The van der Waals surface area contributed by atoms with Crippen molar-refractivity contribution >= 4 is 17.5 Å². The van der Waals surface area contributed by atoms with E-state index < -0.39 is 0 Å². The van der Waals surface area contributed by atoms with E-state index in [2.05, 4.69) is 15.3 Å². The maximum absolute atomic E-state index is 13.3. The summed E-state index contributed by atoms with van der Waals surface area (Å²) in [5.41, 5.74) is 1.84. The van der Waals surface area contributed by atoms with Crippen LogP contribution >= 0.6 is 0 Å². The van der Waals surface area contributed by atoms with E-state index in [4.69, 9.17) is 4.74 Å². The van der Waals surface area contributed by atoms with Crippen LogP contribution in [0.15, 0.2) is 54.7 Å². The Morgan fingerprint density at radius 1 is 1.12 bits per heavy atom. The van der Waals surface area contributed by atoms with E-state index in [1.807, 2.05) is 6.07 Å². The van der Waals surface area contributed by atoms with E-state index >= 15 is 0 Å². The number of para-hydroxylation sites is 2. The standard InChI is InChI=1S/C25H25FN4O3/c1-16-19(24(31)29-20-7-3-4-9-22(20)33-2)15-27-23(28-16)21-8-5-6-14-30(21)25(32)17-10-12-18(26)13-11-17/h3-4,7,9-13,15,21H,5-6,8,14H2,1-2H3,(H,29,31)/t21-/m1/s1. The molecule has 2 heterocycles. The van der Waals surface area contributed by atoms with Gasteiger partial charge in [0.15, 0.2) is 5.82 Å². The predicted octanol–water partition coefficient (Wildman–Crippen LogP) is 4.55. The van der Waals surface area contributed by atoms with Gasteiger partial charge >= 0.3 is 0 Å². The first-order valence-corrected chi connectivity index (χ1v) is 10.8. The molecule has 7 nitrogen and oxygen atoms in total. The van der Waals surface area contributed by atoms with Crippen molar-refractivity contribution in [2.45, 2.75) is 32.2 Å². The molecule has 0 bridgehead atoms. The molecule has 0 spiro atoms. The summed E-state index contributed by atoms with van der Waals surface area (Å²) in [5.74, 6) is 0.141. The molecular formula is C25H25FN4O3. The van der Waals surface area contributed by atoms with Crippen LogP contribution in [0, 0.1) is 12.7 Å². The number of hydrogen-bond donors (Lipinski definition) is 1. The molecule has 4 rings (SSSR count). The van der Waals surface area contributed by atoms with Crippen LogP contribution in [0.1, 0.15) is 57.5 Å². The summed E-state index contributed by atoms with van der Waals surface area (Å²) < 4.78 is 18.6. The minimum absolute atomic E-state index is 0.182. The average molecular weight is 448 g/mol. The number of aryl methyl sites for hydroxylation is 1. The van der Waals surface area contributed by atoms with Gasteiger partial charge in [-0.2, -0.15) is 0 Å². The topological polar surface area (TPSA) is 84.4 Å². The van der Waals surface area contributed by atoms with Crippen LogP contribution in [0.3, 0.4) is 0 Å². The number of aromatic nitrogens is 2. The molecular weight excluding hydrogens is 423 g/mol. The van der Waals surface area contributed by atoms with Crippen LogP contribution in [0.25, 0.3) is 0 Å². The Morgan fingerprint density at radius 3 is 2.61 bits per heavy atom. The Hall–Kier alpha value is -3.81. The number of benzene rings is 2. The summed E-state index contributed by atoms with van der Waals surface area (Å²) >= 11 is 0. The number of piperidine rings is 1. The summed E-state index contributed by atoms with van der Waals surface area (Å²) in [6.45, 7) is 2.32. The molecule has 33 heavy (non-hydrogen) atoms. The van der Waals surface area contributed by atoms with E-state index in [1.165, 1.54) is 37.6 Å². The molecule has 1 aliphatic rings. The fourth-order valence-corrected chi connectivity index (χ4v) is 4.01. The Kier molecular flexibility index (Phi) is 6.63. The SMILES string of the molecule is COc1ccccc1NC(=O)c1cnc([C@H]2CCCCN2C(=O)c2ccc(F)cc2)nc1C. The van der Waals surface area contributed by atoms with Crippen molar-refractivity contribution in [1.82, 2.24) is 14.9 Å². The van der Waals surface area contributed by atoms with Crippen molar-refractivity contribution in [3.05, 3.63) is 83.2 Å². The minimum Gasteiger partial charge on any atom is -0.495 e. The summed E-state index contributed by atoms with van der Waals surface area (Å²) in [6.07, 6.45) is 4.04. The van der Waals surface area contributed by atoms with E-state index in [0.29, 0.717) is 40.6 Å². The maximum Gasteiger partial charge on any atom is 0.259 e. The molecule has 1 N–H and O–H groups in total. The van der Waals surface area contributed by atoms with Crippen molar-refractivity contribution in [3.8, 4) is 5.75 Å². The minimum atomic E-state index is -0.386. The average Bonchev–Trinajstić information content (AvgIpc) is 2.84. The fraction of sp³-hybridized carbons (Fsp3) is 0.280. The first kappa shape index (κ1) is 22.4. The lowest BCUT2D eigenvalue weighted by atomic mass is 9.99. The van der Waals surface area contributed by atoms with Crippen LogP contribution in [-0.4, -0.2) is 40.3 Å². The van der Waals surface area contributed by atoms with Gasteiger partial charge in [0.05, 0.1) is 30.1 Å². The summed E-state index contributed by atoms with van der Waals surface area (Å²) in [6, 6.07) is 12.4. The highest BCUT2D eigenvalue weighted by Crippen LogP contribution is 2.31. The smallest absolute Gasteiger partial charge is 0.259 e. The number of amides is 2. The van der Waals surface area contributed by atoms with Crippen LogP contribution < -0.4 is 10.1 Å². The van der Waals surface area contributed by atoms with Crippen LogP contribution in [0.4, 0.5) is 10.1 Å². The quantitative estimate of drug-likeness (QED) is 0.619. The van der Waals surface area contributed by atoms with Crippen molar-refractivity contribution in [1.29, 1.82) is 0 Å². The number of ether oxygens (including phenoxy) is 1. The fourth-order valence-electron chi connectivity index (χ4n) is 4.01. The molecule has 3 aromatic rings. The van der Waals surface area contributed by atoms with Gasteiger partial charge in [0.1, 0.15) is 11.6 Å². The molecule has 170 valence electrons. The largest absolute Gasteiger partial charge is 0.495 e. The van der Waals surface area contributed by atoms with E-state index in [-0.39, 0.29) is 23.7 Å². The van der Waals surface area contributed by atoms with Crippen LogP contribution in [0.2, 0.25) is 0 Å². The number of nitrogens with one attached hydrogen (secondary N) is 1. The zero-order valence-corrected chi connectivity index (χ0v) is 18.5. The molecule has 2 amide bonds. The Bertz CT molecular complexity index is 1170. The molecule has 1 aliphatic heterocycles. The highest BCUT2D eigenvalue weighted by Gasteiger charge is 2.31. The highest BCUT2D eigenvalue weighted by molar-refractivity contribution is 6.05. The number of carbonyl (C=O) groups is 2. The van der Waals surface area contributed by atoms with Gasteiger partial charge in [-0.05, 0) is 62.6 Å². The van der Waals surface area contributed by atoms with Gasteiger partial charge in [0.25, 0.3) is 11.8 Å². The first-order chi connectivity index (χ1) is 16.0. The second-order valence-electron chi connectivity index (χ2n) is 7.90. The molecule has 1 fully saturated rings. The molecule has 1 saturated heterocycles. The third kappa shape index (κ3) is 4.84. The number of carbonyl (C=O) groups excluding carboxylic acids is 2. The van der Waals surface area contributed by atoms with Gasteiger partial charge < -0.3 is 15.0 Å². The Balaban J connectivity index is 1.56. The van der Waals surface area contributed by atoms with Crippen molar-refractivity contribution in [3.63, 3.8) is 0 Å². The number of halogens is 1. The highest BCUT2D eigenvalue weighted by atomic mass is 19.1. The molecule has 2 aromatic carbocycles. The van der Waals surface area contributed by atoms with Crippen LogP contribution in [-0.2, 0) is 0 Å². The van der Waals surface area contributed by atoms with Gasteiger partial charge in [-0.15, -0.1) is 0 Å². The molecule has 0 radical (unpaired) electrons. The molecule has 8 heteroatoms. The summed E-state index contributed by atoms with van der Waals surface area (Å²) in [4.78, 5) is 36.7. The van der Waals surface area contributed by atoms with E-state index in [1.54, 1.807) is 30.0 Å². The number of hydrogen-bond acceptors (Lipinski definition) is 5. The molecule has 0 aliphatic carbocycles. The normalized spacial score (nSPS) is 15.7. The number of nitrogens with zero attached hydrogens (tertiary/aromatic N) is 3. The second-order valence-corrected chi connectivity index (χ2v) is 7.90. The van der Waals surface area contributed by atoms with Gasteiger partial charge in [0, 0.05) is 18.3 Å². The Labute approximate surface area is 191 Å². The van der Waals surface area contributed by atoms with Gasteiger partial charge in [-0.1, -0.05) is 12.1 Å². The predicted molar refractivity (Wildman–Crippen MR) is 122 cm³/mol. The zero-order chi connectivity index (χ0) is 23.4. The molecule has 1 atom stereocenters. The van der Waals surface area contributed by atoms with Gasteiger partial charge in [-0.25, -0.2) is 14.4 Å². The number of anilines is 1. The lowest BCUT2D eigenvalue weighted by Gasteiger charge is -2.35. The zero-order valence-electron chi connectivity index (χ0n) is 18.5. The lowest BCUT2D eigenvalue weighted by Crippen LogP contribution is -2.39. The lowest BCUT2D eigenvalue weighted by molar-refractivity contribution is 0.0599. The maximum atomic E-state index is 13.3. The van der Waals surface area contributed by atoms with Crippen molar-refractivity contribution in [2.24, 2.45) is 0 Å². The van der Waals surface area contributed by atoms with Crippen LogP contribution in [0.5, 0.6) is 5.75 Å². The molecule has 1 aromatic heterocycles. The third-order valence-corrected chi connectivity index (χ3v) is 5.75. The van der Waals surface area contributed by atoms with Crippen molar-refractivity contribution in [2.75, 3.05) is 19.0 Å². The van der Waals surface area contributed by atoms with Gasteiger partial charge in [0.2, 0.25) is 0 Å². The Morgan fingerprint density at radius 2 is 1.88 bits per heavy atom.